The fourth-order valence-electron chi connectivity index (χ4n) is 2.94. The van der Waals surface area contributed by atoms with E-state index < -0.39 is 6.36 Å². The van der Waals surface area contributed by atoms with Gasteiger partial charge >= 0.3 is 6.36 Å². The van der Waals surface area contributed by atoms with E-state index in [1.165, 1.54) is 6.42 Å². The number of alkyl halides is 3. The number of hydrogen-bond donors (Lipinski definition) is 1. The van der Waals surface area contributed by atoms with Gasteiger partial charge in [-0.05, 0) is 18.4 Å². The maximum Gasteiger partial charge on any atom is 0.522 e. The summed E-state index contributed by atoms with van der Waals surface area (Å²) in [6.07, 6.45) is 0.763. The minimum absolute atomic E-state index is 0. The number of nitrogens with one attached hydrogen (secondary N) is 1. The second-order valence-electron chi connectivity index (χ2n) is 5.23. The average molecular weight is 324 g/mol. The topological polar surface area (TPSA) is 21.3 Å². The lowest BCUT2D eigenvalue weighted by Gasteiger charge is -2.39. The van der Waals surface area contributed by atoms with Crippen molar-refractivity contribution in [3.8, 4) is 0 Å². The monoisotopic (exact) mass is 323 g/mol. The van der Waals surface area contributed by atoms with Gasteiger partial charge in [-0.15, -0.1) is 25.6 Å². The van der Waals surface area contributed by atoms with Crippen LogP contribution >= 0.6 is 12.4 Å². The standard InChI is InChI=1S/C15H20F3NO.ClH/c16-15(17,18)20-12-11-19-14(9-5-2-6-10-14)13-7-3-1-4-8-13;/h1,3-4,7-8,19H,2,5-6,9-12H2;1H. The quantitative estimate of drug-likeness (QED) is 0.811. The Balaban J connectivity index is 0.00000220. The molecule has 0 radical (unpaired) electrons. The van der Waals surface area contributed by atoms with Crippen LogP contribution in [0.3, 0.4) is 0 Å². The maximum absolute atomic E-state index is 12.0. The van der Waals surface area contributed by atoms with Crippen LogP contribution in [0.25, 0.3) is 0 Å². The molecule has 1 aromatic rings. The molecule has 0 saturated heterocycles. The highest BCUT2D eigenvalue weighted by Gasteiger charge is 2.34. The van der Waals surface area contributed by atoms with Crippen molar-refractivity contribution in [3.63, 3.8) is 0 Å². The SMILES string of the molecule is Cl.FC(F)(F)OCCNC1(c2ccccc2)CCCCC1. The van der Waals surface area contributed by atoms with Crippen LogP contribution in [0, 0.1) is 0 Å². The van der Waals surface area contributed by atoms with Crippen molar-refractivity contribution >= 4 is 12.4 Å². The third kappa shape index (κ3) is 5.49. The van der Waals surface area contributed by atoms with E-state index in [0.29, 0.717) is 0 Å². The van der Waals surface area contributed by atoms with Crippen LogP contribution in [-0.2, 0) is 10.3 Å². The number of benzene rings is 1. The van der Waals surface area contributed by atoms with Crippen LogP contribution in [0.4, 0.5) is 13.2 Å². The van der Waals surface area contributed by atoms with Gasteiger partial charge in [0.15, 0.2) is 0 Å². The van der Waals surface area contributed by atoms with Crippen molar-refractivity contribution in [2.75, 3.05) is 13.2 Å². The normalized spacial score (nSPS) is 18.0. The van der Waals surface area contributed by atoms with E-state index in [1.54, 1.807) is 0 Å². The Morgan fingerprint density at radius 2 is 1.67 bits per heavy atom. The molecule has 1 N–H and O–H groups in total. The van der Waals surface area contributed by atoms with Crippen molar-refractivity contribution in [1.29, 1.82) is 0 Å². The second-order valence-corrected chi connectivity index (χ2v) is 5.23. The first kappa shape index (κ1) is 18.3. The van der Waals surface area contributed by atoms with Gasteiger partial charge in [-0.25, -0.2) is 0 Å². The summed E-state index contributed by atoms with van der Waals surface area (Å²) in [6.45, 7) is -0.146. The Morgan fingerprint density at radius 3 is 2.24 bits per heavy atom. The van der Waals surface area contributed by atoms with Crippen molar-refractivity contribution in [1.82, 2.24) is 5.32 Å². The largest absolute Gasteiger partial charge is 0.522 e. The molecule has 0 amide bonds. The van der Waals surface area contributed by atoms with Gasteiger partial charge in [-0.3, -0.25) is 4.74 Å². The fraction of sp³-hybridized carbons (Fsp3) is 0.600. The summed E-state index contributed by atoms with van der Waals surface area (Å²) in [5, 5.41) is 3.30. The second kappa shape index (κ2) is 8.01. The van der Waals surface area contributed by atoms with Crippen LogP contribution in [0.1, 0.15) is 37.7 Å². The van der Waals surface area contributed by atoms with E-state index in [4.69, 9.17) is 0 Å². The average Bonchev–Trinajstić information content (AvgIpc) is 2.45. The Bertz CT molecular complexity index is 405. The third-order valence-corrected chi connectivity index (χ3v) is 3.86. The lowest BCUT2D eigenvalue weighted by Crippen LogP contribution is -2.45. The van der Waals surface area contributed by atoms with Crippen LogP contribution < -0.4 is 5.32 Å². The molecule has 1 fully saturated rings. The van der Waals surface area contributed by atoms with Crippen LogP contribution in [0.15, 0.2) is 30.3 Å². The van der Waals surface area contributed by atoms with Crippen LogP contribution in [0.5, 0.6) is 0 Å². The molecule has 120 valence electrons. The molecule has 21 heavy (non-hydrogen) atoms. The zero-order valence-corrected chi connectivity index (χ0v) is 12.6. The Labute approximate surface area is 129 Å². The van der Waals surface area contributed by atoms with Gasteiger partial charge < -0.3 is 5.32 Å². The predicted octanol–water partition coefficient (Wildman–Crippen LogP) is 4.39. The molecule has 0 aliphatic heterocycles. The van der Waals surface area contributed by atoms with Crippen LogP contribution in [0.2, 0.25) is 0 Å². The number of halogens is 4. The molecule has 0 unspecified atom stereocenters. The zero-order valence-electron chi connectivity index (χ0n) is 11.8. The Hall–Kier alpha value is -0.780. The number of hydrogen-bond acceptors (Lipinski definition) is 2. The molecule has 1 aromatic carbocycles. The highest BCUT2D eigenvalue weighted by Crippen LogP contribution is 2.36. The van der Waals surface area contributed by atoms with Crippen molar-refractivity contribution in [2.45, 2.75) is 44.0 Å². The summed E-state index contributed by atoms with van der Waals surface area (Å²) in [4.78, 5) is 0. The lowest BCUT2D eigenvalue weighted by molar-refractivity contribution is -0.323. The molecule has 0 bridgehead atoms. The number of ether oxygens (including phenoxy) is 1. The minimum Gasteiger partial charge on any atom is -0.305 e. The molecule has 0 atom stereocenters. The van der Waals surface area contributed by atoms with Crippen LogP contribution in [-0.4, -0.2) is 19.5 Å². The van der Waals surface area contributed by atoms with E-state index in [0.717, 1.165) is 31.2 Å². The summed E-state index contributed by atoms with van der Waals surface area (Å²) in [5.74, 6) is 0. The molecular formula is C15H21ClF3NO. The van der Waals surface area contributed by atoms with Gasteiger partial charge in [0, 0.05) is 12.1 Å². The Morgan fingerprint density at radius 1 is 1.05 bits per heavy atom. The van der Waals surface area contributed by atoms with E-state index in [2.05, 4.69) is 10.1 Å². The first-order valence-corrected chi connectivity index (χ1v) is 7.03. The summed E-state index contributed by atoms with van der Waals surface area (Å²) in [6, 6.07) is 9.98. The highest BCUT2D eigenvalue weighted by molar-refractivity contribution is 5.85. The maximum atomic E-state index is 12.0. The van der Waals surface area contributed by atoms with Crippen molar-refractivity contribution < 1.29 is 17.9 Å². The molecular weight excluding hydrogens is 303 g/mol. The molecule has 1 aliphatic rings. The summed E-state index contributed by atoms with van der Waals surface area (Å²) in [7, 11) is 0. The van der Waals surface area contributed by atoms with Crippen molar-refractivity contribution in [2.24, 2.45) is 0 Å². The van der Waals surface area contributed by atoms with Gasteiger partial charge in [-0.1, -0.05) is 49.6 Å². The smallest absolute Gasteiger partial charge is 0.305 e. The van der Waals surface area contributed by atoms with Gasteiger partial charge in [0.1, 0.15) is 0 Å². The van der Waals surface area contributed by atoms with E-state index in [9.17, 15) is 13.2 Å². The predicted molar refractivity (Wildman–Crippen MR) is 78.5 cm³/mol. The molecule has 0 heterocycles. The molecule has 0 spiro atoms. The first-order chi connectivity index (χ1) is 9.52. The molecule has 2 nitrogen and oxygen atoms in total. The summed E-state index contributed by atoms with van der Waals surface area (Å²) >= 11 is 0. The van der Waals surface area contributed by atoms with Crippen molar-refractivity contribution in [3.05, 3.63) is 35.9 Å². The third-order valence-electron chi connectivity index (χ3n) is 3.86. The van der Waals surface area contributed by atoms with Gasteiger partial charge in [0.2, 0.25) is 0 Å². The first-order valence-electron chi connectivity index (χ1n) is 7.03. The Kier molecular flexibility index (Phi) is 6.97. The lowest BCUT2D eigenvalue weighted by atomic mass is 9.76. The fourth-order valence-corrected chi connectivity index (χ4v) is 2.94. The van der Waals surface area contributed by atoms with Gasteiger partial charge in [-0.2, -0.15) is 0 Å². The van der Waals surface area contributed by atoms with Gasteiger partial charge in [0.25, 0.3) is 0 Å². The van der Waals surface area contributed by atoms with Gasteiger partial charge in [0.05, 0.1) is 6.61 Å². The molecule has 0 aromatic heterocycles. The summed E-state index contributed by atoms with van der Waals surface area (Å²) < 4.78 is 39.8. The van der Waals surface area contributed by atoms with E-state index in [-0.39, 0.29) is 31.1 Å². The summed E-state index contributed by atoms with van der Waals surface area (Å²) in [5.41, 5.74) is 0.959. The van der Waals surface area contributed by atoms with E-state index in [1.807, 2.05) is 30.3 Å². The van der Waals surface area contributed by atoms with E-state index >= 15 is 0 Å². The number of rotatable bonds is 5. The minimum atomic E-state index is -4.55. The zero-order chi connectivity index (χ0) is 14.5. The molecule has 1 aliphatic carbocycles. The molecule has 6 heteroatoms. The molecule has 2 rings (SSSR count). The molecule has 1 saturated carbocycles. The highest BCUT2D eigenvalue weighted by atomic mass is 35.5.